The summed E-state index contributed by atoms with van der Waals surface area (Å²) < 4.78 is 0.786. The number of nitrogens with one attached hydrogen (secondary N) is 1. The minimum atomic E-state index is -0.250. The van der Waals surface area contributed by atoms with Crippen molar-refractivity contribution in [2.24, 2.45) is 0 Å². The fourth-order valence-corrected chi connectivity index (χ4v) is 3.67. The van der Waals surface area contributed by atoms with Crippen LogP contribution >= 0.6 is 27.7 Å². The van der Waals surface area contributed by atoms with Gasteiger partial charge in [-0.25, -0.2) is 0 Å². The molecule has 1 saturated heterocycles. The first-order chi connectivity index (χ1) is 8.01. The second kappa shape index (κ2) is 5.02. The van der Waals surface area contributed by atoms with Crippen LogP contribution in [0.5, 0.6) is 0 Å². The van der Waals surface area contributed by atoms with Gasteiger partial charge in [-0.15, -0.1) is 11.8 Å². The number of benzene rings is 1. The van der Waals surface area contributed by atoms with Crippen LogP contribution in [-0.2, 0) is 4.79 Å². The van der Waals surface area contributed by atoms with Crippen LogP contribution in [0.1, 0.15) is 25.3 Å². The van der Waals surface area contributed by atoms with Gasteiger partial charge in [-0.1, -0.05) is 15.9 Å². The highest BCUT2D eigenvalue weighted by atomic mass is 79.9. The van der Waals surface area contributed by atoms with Crippen LogP contribution in [0.25, 0.3) is 0 Å². The Morgan fingerprint density at radius 1 is 1.53 bits per heavy atom. The molecule has 0 aliphatic carbocycles. The SMILES string of the molecule is Cc1cc(Br)ccc1NC(=O)C1(C)CCCS1. The zero-order valence-corrected chi connectivity index (χ0v) is 12.5. The number of halogens is 1. The molecule has 1 heterocycles. The molecule has 1 N–H and O–H groups in total. The topological polar surface area (TPSA) is 29.1 Å². The molecule has 0 bridgehead atoms. The number of amides is 1. The molecule has 4 heteroatoms. The van der Waals surface area contributed by atoms with Gasteiger partial charge in [0.05, 0.1) is 4.75 Å². The first-order valence-corrected chi connectivity index (χ1v) is 7.51. The van der Waals surface area contributed by atoms with Gasteiger partial charge in [0.2, 0.25) is 5.91 Å². The lowest BCUT2D eigenvalue weighted by Crippen LogP contribution is -2.34. The molecule has 0 saturated carbocycles. The van der Waals surface area contributed by atoms with Crippen molar-refractivity contribution in [3.05, 3.63) is 28.2 Å². The molecule has 2 rings (SSSR count). The number of carbonyl (C=O) groups is 1. The highest BCUT2D eigenvalue weighted by Crippen LogP contribution is 2.38. The van der Waals surface area contributed by atoms with Crippen LogP contribution in [0, 0.1) is 6.92 Å². The van der Waals surface area contributed by atoms with E-state index in [0.29, 0.717) is 0 Å². The molecule has 2 nitrogen and oxygen atoms in total. The number of aryl methyl sites for hydroxylation is 1. The fraction of sp³-hybridized carbons (Fsp3) is 0.462. The van der Waals surface area contributed by atoms with Gasteiger partial charge in [0.25, 0.3) is 0 Å². The van der Waals surface area contributed by atoms with Crippen molar-refractivity contribution in [3.8, 4) is 0 Å². The third-order valence-corrected chi connectivity index (χ3v) is 5.15. The van der Waals surface area contributed by atoms with Gasteiger partial charge in [0, 0.05) is 10.2 Å². The van der Waals surface area contributed by atoms with Gasteiger partial charge in [-0.2, -0.15) is 0 Å². The maximum atomic E-state index is 12.2. The molecule has 1 aromatic carbocycles. The summed E-state index contributed by atoms with van der Waals surface area (Å²) in [5, 5.41) is 3.04. The van der Waals surface area contributed by atoms with Crippen LogP contribution in [-0.4, -0.2) is 16.4 Å². The molecule has 1 fully saturated rings. The molecule has 17 heavy (non-hydrogen) atoms. The molecule has 0 spiro atoms. The normalized spacial score (nSPS) is 23.7. The van der Waals surface area contributed by atoms with Gasteiger partial charge in [-0.05, 0) is 56.2 Å². The second-order valence-electron chi connectivity index (χ2n) is 4.60. The Hall–Kier alpha value is -0.480. The minimum absolute atomic E-state index is 0.130. The molecule has 92 valence electrons. The van der Waals surface area contributed by atoms with E-state index in [0.717, 1.165) is 34.3 Å². The molecule has 1 unspecified atom stereocenters. The summed E-state index contributed by atoms with van der Waals surface area (Å²) in [5.41, 5.74) is 1.99. The Balaban J connectivity index is 2.13. The Labute approximate surface area is 115 Å². The molecule has 1 aromatic rings. The molecule has 1 atom stereocenters. The van der Waals surface area contributed by atoms with E-state index in [4.69, 9.17) is 0 Å². The van der Waals surface area contributed by atoms with Crippen LogP contribution in [0.4, 0.5) is 5.69 Å². The first-order valence-electron chi connectivity index (χ1n) is 5.73. The van der Waals surface area contributed by atoms with Crippen LogP contribution < -0.4 is 5.32 Å². The summed E-state index contributed by atoms with van der Waals surface area (Å²) in [6, 6.07) is 5.91. The minimum Gasteiger partial charge on any atom is -0.325 e. The summed E-state index contributed by atoms with van der Waals surface area (Å²) in [6.45, 7) is 4.04. The lowest BCUT2D eigenvalue weighted by Gasteiger charge is -2.22. The van der Waals surface area contributed by atoms with Crippen molar-refractivity contribution in [3.63, 3.8) is 0 Å². The van der Waals surface area contributed by atoms with Crippen LogP contribution in [0.2, 0.25) is 0 Å². The first kappa shape index (κ1) is 13.0. The number of rotatable bonds is 2. The molecular formula is C13H16BrNOS. The van der Waals surface area contributed by atoms with Gasteiger partial charge >= 0.3 is 0 Å². The predicted octanol–water partition coefficient (Wildman–Crippen LogP) is 3.98. The molecule has 1 aliphatic heterocycles. The summed E-state index contributed by atoms with van der Waals surface area (Å²) >= 11 is 5.18. The summed E-state index contributed by atoms with van der Waals surface area (Å²) in [7, 11) is 0. The van der Waals surface area contributed by atoms with Gasteiger partial charge in [0.1, 0.15) is 0 Å². The average Bonchev–Trinajstić information content (AvgIpc) is 2.71. The largest absolute Gasteiger partial charge is 0.325 e. The molecule has 0 aromatic heterocycles. The van der Waals surface area contributed by atoms with Crippen molar-refractivity contribution < 1.29 is 4.79 Å². The van der Waals surface area contributed by atoms with Gasteiger partial charge in [-0.3, -0.25) is 4.79 Å². The molecule has 1 aliphatic rings. The molecule has 0 radical (unpaired) electrons. The zero-order valence-electron chi connectivity index (χ0n) is 10.0. The van der Waals surface area contributed by atoms with E-state index >= 15 is 0 Å². The Bertz CT molecular complexity index is 441. The number of thioether (sulfide) groups is 1. The fourth-order valence-electron chi connectivity index (χ4n) is 1.98. The van der Waals surface area contributed by atoms with Gasteiger partial charge < -0.3 is 5.32 Å². The standard InChI is InChI=1S/C13H16BrNOS/c1-9-8-10(14)4-5-11(9)15-12(16)13(2)6-3-7-17-13/h4-5,8H,3,6-7H2,1-2H3,(H,15,16). The lowest BCUT2D eigenvalue weighted by atomic mass is 10.0. The number of hydrogen-bond donors (Lipinski definition) is 1. The number of hydrogen-bond acceptors (Lipinski definition) is 2. The van der Waals surface area contributed by atoms with Crippen molar-refractivity contribution in [2.45, 2.75) is 31.4 Å². The van der Waals surface area contributed by atoms with Crippen LogP contribution in [0.15, 0.2) is 22.7 Å². The van der Waals surface area contributed by atoms with E-state index in [9.17, 15) is 4.79 Å². The van der Waals surface area contributed by atoms with Crippen molar-refractivity contribution in [1.29, 1.82) is 0 Å². The summed E-state index contributed by atoms with van der Waals surface area (Å²) in [6.07, 6.45) is 2.10. The number of anilines is 1. The van der Waals surface area contributed by atoms with E-state index in [1.807, 2.05) is 32.0 Å². The van der Waals surface area contributed by atoms with Crippen LogP contribution in [0.3, 0.4) is 0 Å². The highest BCUT2D eigenvalue weighted by molar-refractivity contribution is 9.10. The van der Waals surface area contributed by atoms with E-state index < -0.39 is 0 Å². The average molecular weight is 314 g/mol. The quantitative estimate of drug-likeness (QED) is 0.894. The third kappa shape index (κ3) is 2.86. The summed E-state index contributed by atoms with van der Waals surface area (Å²) in [5.74, 6) is 1.22. The zero-order chi connectivity index (χ0) is 12.5. The number of carbonyl (C=O) groups excluding carboxylic acids is 1. The smallest absolute Gasteiger partial charge is 0.240 e. The Morgan fingerprint density at radius 3 is 2.88 bits per heavy atom. The maximum absolute atomic E-state index is 12.2. The van der Waals surface area contributed by atoms with Crippen molar-refractivity contribution in [2.75, 3.05) is 11.1 Å². The third-order valence-electron chi connectivity index (χ3n) is 3.14. The lowest BCUT2D eigenvalue weighted by molar-refractivity contribution is -0.118. The van der Waals surface area contributed by atoms with Gasteiger partial charge in [0.15, 0.2) is 0 Å². The monoisotopic (exact) mass is 313 g/mol. The van der Waals surface area contributed by atoms with E-state index in [1.165, 1.54) is 0 Å². The molecule has 1 amide bonds. The molecular weight excluding hydrogens is 298 g/mol. The highest BCUT2D eigenvalue weighted by Gasteiger charge is 2.37. The van der Waals surface area contributed by atoms with Crippen molar-refractivity contribution >= 4 is 39.3 Å². The Kier molecular flexibility index (Phi) is 3.83. The van der Waals surface area contributed by atoms with E-state index in [2.05, 4.69) is 21.2 Å². The van der Waals surface area contributed by atoms with E-state index in [1.54, 1.807) is 11.8 Å². The maximum Gasteiger partial charge on any atom is 0.240 e. The predicted molar refractivity (Wildman–Crippen MR) is 77.6 cm³/mol. The van der Waals surface area contributed by atoms with Crippen molar-refractivity contribution in [1.82, 2.24) is 0 Å². The van der Waals surface area contributed by atoms with E-state index in [-0.39, 0.29) is 10.7 Å². The summed E-state index contributed by atoms with van der Waals surface area (Å²) in [4.78, 5) is 12.2. The second-order valence-corrected chi connectivity index (χ2v) is 7.11. The Morgan fingerprint density at radius 2 is 2.29 bits per heavy atom.